The predicted molar refractivity (Wildman–Crippen MR) is 74.8 cm³/mol. The van der Waals surface area contributed by atoms with Gasteiger partial charge in [0.2, 0.25) is 5.91 Å². The normalized spacial score (nSPS) is 20.0. The van der Waals surface area contributed by atoms with Gasteiger partial charge in [-0.05, 0) is 31.2 Å². The summed E-state index contributed by atoms with van der Waals surface area (Å²) in [6.45, 7) is 2.32. The van der Waals surface area contributed by atoms with E-state index < -0.39 is 5.63 Å². The van der Waals surface area contributed by atoms with Crippen molar-refractivity contribution in [1.29, 1.82) is 0 Å². The van der Waals surface area contributed by atoms with Gasteiger partial charge < -0.3 is 4.42 Å². The van der Waals surface area contributed by atoms with Gasteiger partial charge in [0.15, 0.2) is 0 Å². The summed E-state index contributed by atoms with van der Waals surface area (Å²) in [6, 6.07) is 1.32. The molecule has 0 radical (unpaired) electrons. The Balaban J connectivity index is 2.07. The second-order valence-corrected chi connectivity index (χ2v) is 6.74. The second kappa shape index (κ2) is 4.84. The van der Waals surface area contributed by atoms with E-state index in [4.69, 9.17) is 4.42 Å². The fourth-order valence-corrected chi connectivity index (χ4v) is 2.83. The van der Waals surface area contributed by atoms with Gasteiger partial charge in [0.1, 0.15) is 5.76 Å². The van der Waals surface area contributed by atoms with Crippen molar-refractivity contribution in [3.63, 3.8) is 0 Å². The van der Waals surface area contributed by atoms with Gasteiger partial charge in [-0.2, -0.15) is 0 Å². The highest BCUT2D eigenvalue weighted by atomic mass is 79.9. The molecule has 6 heteroatoms. The minimum absolute atomic E-state index is 0.0173. The van der Waals surface area contributed by atoms with Crippen LogP contribution in [-0.4, -0.2) is 23.3 Å². The van der Waals surface area contributed by atoms with Gasteiger partial charge in [0.25, 0.3) is 5.91 Å². The zero-order chi connectivity index (χ0) is 14.4. The molecule has 1 atom stereocenters. The first-order valence-electron chi connectivity index (χ1n) is 6.63. The van der Waals surface area contributed by atoms with Crippen molar-refractivity contribution in [2.24, 2.45) is 5.92 Å². The fraction of sp³-hybridized carbons (Fsp3) is 0.500. The minimum atomic E-state index is -0.527. The summed E-state index contributed by atoms with van der Waals surface area (Å²) in [5, 5.41) is 0. The van der Waals surface area contributed by atoms with Gasteiger partial charge in [-0.25, -0.2) is 4.79 Å². The van der Waals surface area contributed by atoms with Crippen molar-refractivity contribution in [3.05, 3.63) is 33.4 Å². The molecule has 1 saturated carbocycles. The monoisotopic (exact) mass is 339 g/mol. The number of nitrogens with zero attached hydrogens (tertiary/aromatic N) is 1. The third-order valence-corrected chi connectivity index (χ3v) is 4.20. The van der Waals surface area contributed by atoms with E-state index in [2.05, 4.69) is 15.9 Å². The lowest BCUT2D eigenvalue weighted by molar-refractivity contribution is -0.129. The molecule has 106 valence electrons. The first-order chi connectivity index (χ1) is 9.47. The Morgan fingerprint density at radius 2 is 2.10 bits per heavy atom. The third-order valence-electron chi connectivity index (χ3n) is 3.70. The van der Waals surface area contributed by atoms with Crippen molar-refractivity contribution >= 4 is 27.7 Å². The van der Waals surface area contributed by atoms with Crippen LogP contribution in [0.5, 0.6) is 0 Å². The van der Waals surface area contributed by atoms with E-state index in [1.54, 1.807) is 0 Å². The van der Waals surface area contributed by atoms with Gasteiger partial charge in [-0.15, -0.1) is 0 Å². The second-order valence-electron chi connectivity index (χ2n) is 5.36. The van der Waals surface area contributed by atoms with Crippen molar-refractivity contribution < 1.29 is 14.0 Å². The Hall–Kier alpha value is -1.43. The van der Waals surface area contributed by atoms with Gasteiger partial charge in [0, 0.05) is 17.4 Å². The number of amides is 2. The number of imide groups is 1. The van der Waals surface area contributed by atoms with Crippen molar-refractivity contribution in [1.82, 2.24) is 4.90 Å². The van der Waals surface area contributed by atoms with Crippen LogP contribution in [0.1, 0.15) is 46.3 Å². The third kappa shape index (κ3) is 2.32. The largest absolute Gasteiger partial charge is 0.426 e. The lowest BCUT2D eigenvalue weighted by Crippen LogP contribution is -2.44. The molecule has 0 aromatic carbocycles. The number of hydrogen-bond acceptors (Lipinski definition) is 4. The molecule has 0 saturated heterocycles. The van der Waals surface area contributed by atoms with Gasteiger partial charge in [-0.3, -0.25) is 14.5 Å². The van der Waals surface area contributed by atoms with E-state index in [0.29, 0.717) is 23.6 Å². The first kappa shape index (κ1) is 13.5. The van der Waals surface area contributed by atoms with E-state index in [1.807, 2.05) is 6.92 Å². The molecule has 1 aliphatic carbocycles. The molecule has 1 fully saturated rings. The Kier molecular flexibility index (Phi) is 3.28. The quantitative estimate of drug-likeness (QED) is 0.624. The van der Waals surface area contributed by atoms with Crippen LogP contribution in [0.2, 0.25) is 0 Å². The molecule has 0 unspecified atom stereocenters. The summed E-state index contributed by atoms with van der Waals surface area (Å²) >= 11 is 3.39. The van der Waals surface area contributed by atoms with Crippen molar-refractivity contribution in [2.45, 2.75) is 31.0 Å². The first-order valence-corrected chi connectivity index (χ1v) is 7.54. The van der Waals surface area contributed by atoms with Crippen LogP contribution in [-0.2, 0) is 11.2 Å². The fourth-order valence-electron chi connectivity index (χ4n) is 2.47. The molecule has 2 aliphatic rings. The zero-order valence-electron chi connectivity index (χ0n) is 11.0. The molecule has 5 nitrogen and oxygen atoms in total. The maximum Gasteiger partial charge on any atom is 0.336 e. The maximum absolute atomic E-state index is 12.5. The van der Waals surface area contributed by atoms with E-state index in [1.165, 1.54) is 11.0 Å². The summed E-state index contributed by atoms with van der Waals surface area (Å²) in [4.78, 5) is 37.3. The zero-order valence-corrected chi connectivity index (χ0v) is 12.6. The molecule has 20 heavy (non-hydrogen) atoms. The molecular formula is C14H14BrNO4. The van der Waals surface area contributed by atoms with Gasteiger partial charge in [0.05, 0.1) is 12.0 Å². The Bertz CT molecular complexity index is 645. The number of hydrogen-bond donors (Lipinski definition) is 0. The highest BCUT2D eigenvalue weighted by Gasteiger charge is 2.38. The van der Waals surface area contributed by atoms with Crippen LogP contribution in [0.3, 0.4) is 0 Å². The SMILES string of the molecule is C[C@@H](Br)c1cc(=O)oc2c1C(=O)N(CC1CC1)C(=O)C2. The Morgan fingerprint density at radius 3 is 2.70 bits per heavy atom. The lowest BCUT2D eigenvalue weighted by atomic mass is 9.98. The molecule has 3 rings (SSSR count). The smallest absolute Gasteiger partial charge is 0.336 e. The molecule has 0 spiro atoms. The number of carbonyl (C=O) groups is 2. The predicted octanol–water partition coefficient (Wildman–Crippen LogP) is 2.03. The van der Waals surface area contributed by atoms with Crippen LogP contribution >= 0.6 is 15.9 Å². The molecule has 0 bridgehead atoms. The minimum Gasteiger partial charge on any atom is -0.426 e. The highest BCUT2D eigenvalue weighted by molar-refractivity contribution is 9.09. The maximum atomic E-state index is 12.5. The Labute approximate surface area is 124 Å². The average Bonchev–Trinajstić information content (AvgIpc) is 3.16. The molecular weight excluding hydrogens is 326 g/mol. The van der Waals surface area contributed by atoms with Crippen LogP contribution in [0.25, 0.3) is 0 Å². The van der Waals surface area contributed by atoms with Crippen LogP contribution < -0.4 is 5.63 Å². The molecule has 1 aromatic heterocycles. The van der Waals surface area contributed by atoms with Crippen LogP contribution in [0.15, 0.2) is 15.3 Å². The van der Waals surface area contributed by atoms with Crippen LogP contribution in [0, 0.1) is 5.92 Å². The number of fused-ring (bicyclic) bond motifs is 1. The van der Waals surface area contributed by atoms with Crippen molar-refractivity contribution in [2.75, 3.05) is 6.54 Å². The number of carbonyl (C=O) groups excluding carboxylic acids is 2. The number of rotatable bonds is 3. The van der Waals surface area contributed by atoms with Crippen molar-refractivity contribution in [3.8, 4) is 0 Å². The van der Waals surface area contributed by atoms with Crippen LogP contribution in [0.4, 0.5) is 0 Å². The summed E-state index contributed by atoms with van der Waals surface area (Å²) in [5.41, 5.74) is 0.435. The van der Waals surface area contributed by atoms with E-state index in [9.17, 15) is 14.4 Å². The molecule has 1 aromatic rings. The van der Waals surface area contributed by atoms with E-state index >= 15 is 0 Å². The topological polar surface area (TPSA) is 67.6 Å². The molecule has 0 N–H and O–H groups in total. The lowest BCUT2D eigenvalue weighted by Gasteiger charge is -2.27. The van der Waals surface area contributed by atoms with Gasteiger partial charge in [-0.1, -0.05) is 15.9 Å². The highest BCUT2D eigenvalue weighted by Crippen LogP contribution is 2.34. The van der Waals surface area contributed by atoms with E-state index in [0.717, 1.165) is 12.8 Å². The summed E-state index contributed by atoms with van der Waals surface area (Å²) in [5.74, 6) is 0.0102. The van der Waals surface area contributed by atoms with Gasteiger partial charge >= 0.3 is 5.63 Å². The summed E-state index contributed by atoms with van der Waals surface area (Å²) < 4.78 is 5.06. The molecule has 2 amide bonds. The number of halogens is 1. The molecule has 2 heterocycles. The van der Waals surface area contributed by atoms with E-state index in [-0.39, 0.29) is 28.8 Å². The average molecular weight is 340 g/mol. The summed E-state index contributed by atoms with van der Waals surface area (Å²) in [7, 11) is 0. The Morgan fingerprint density at radius 1 is 1.40 bits per heavy atom. The molecule has 1 aliphatic heterocycles. The summed E-state index contributed by atoms with van der Waals surface area (Å²) in [6.07, 6.45) is 2.11. The standard InChI is InChI=1S/C14H14BrNO4/c1-7(15)9-4-12(18)20-10-5-11(17)16(6-8-2-3-8)14(19)13(9)10/h4,7-8H,2-3,5-6H2,1H3/t7-/m1/s1. The number of alkyl halides is 1.